The first-order valence-electron chi connectivity index (χ1n) is 5.91. The van der Waals surface area contributed by atoms with E-state index in [0.717, 1.165) is 12.1 Å². The lowest BCUT2D eigenvalue weighted by Crippen LogP contribution is -2.31. The molecule has 20 heavy (non-hydrogen) atoms. The SMILES string of the molecule is Cc1cc(NC(=O)[C@H](C)Nc2ccc(F)c(F)c2)on1. The summed E-state index contributed by atoms with van der Waals surface area (Å²) in [7, 11) is 0. The lowest BCUT2D eigenvalue weighted by molar-refractivity contribution is -0.116. The molecule has 0 aliphatic rings. The molecule has 0 unspecified atom stereocenters. The highest BCUT2D eigenvalue weighted by molar-refractivity contribution is 5.95. The quantitative estimate of drug-likeness (QED) is 0.904. The van der Waals surface area contributed by atoms with Crippen molar-refractivity contribution in [2.75, 3.05) is 10.6 Å². The van der Waals surface area contributed by atoms with Gasteiger partial charge in [-0.2, -0.15) is 0 Å². The molecule has 0 bridgehead atoms. The van der Waals surface area contributed by atoms with Gasteiger partial charge in [0.2, 0.25) is 11.8 Å². The number of amides is 1. The molecule has 106 valence electrons. The minimum atomic E-state index is -0.978. The highest BCUT2D eigenvalue weighted by Crippen LogP contribution is 2.15. The van der Waals surface area contributed by atoms with Crippen molar-refractivity contribution in [3.8, 4) is 0 Å². The second kappa shape index (κ2) is 5.68. The van der Waals surface area contributed by atoms with Crippen LogP contribution in [0.5, 0.6) is 0 Å². The number of nitrogens with one attached hydrogen (secondary N) is 2. The third-order valence-electron chi connectivity index (χ3n) is 2.57. The number of benzene rings is 1. The largest absolute Gasteiger partial charge is 0.374 e. The normalized spacial score (nSPS) is 12.0. The average molecular weight is 281 g/mol. The lowest BCUT2D eigenvalue weighted by atomic mass is 10.2. The molecular formula is C13H13F2N3O2. The van der Waals surface area contributed by atoms with Crippen molar-refractivity contribution in [1.29, 1.82) is 0 Å². The highest BCUT2D eigenvalue weighted by atomic mass is 19.2. The number of hydrogen-bond donors (Lipinski definition) is 2. The van der Waals surface area contributed by atoms with Gasteiger partial charge in [-0.05, 0) is 26.0 Å². The van der Waals surface area contributed by atoms with Gasteiger partial charge in [-0.25, -0.2) is 8.78 Å². The lowest BCUT2D eigenvalue weighted by Gasteiger charge is -2.14. The fourth-order valence-electron chi connectivity index (χ4n) is 1.55. The van der Waals surface area contributed by atoms with Gasteiger partial charge in [0, 0.05) is 17.8 Å². The van der Waals surface area contributed by atoms with Gasteiger partial charge in [-0.15, -0.1) is 0 Å². The van der Waals surface area contributed by atoms with Crippen LogP contribution in [-0.2, 0) is 4.79 Å². The summed E-state index contributed by atoms with van der Waals surface area (Å²) in [5.41, 5.74) is 0.946. The van der Waals surface area contributed by atoms with Gasteiger partial charge in [-0.3, -0.25) is 10.1 Å². The molecule has 0 aliphatic carbocycles. The number of aryl methyl sites for hydroxylation is 1. The molecule has 1 atom stereocenters. The maximum absolute atomic E-state index is 13.0. The van der Waals surface area contributed by atoms with E-state index in [2.05, 4.69) is 15.8 Å². The van der Waals surface area contributed by atoms with E-state index in [-0.39, 0.29) is 11.8 Å². The second-order valence-corrected chi connectivity index (χ2v) is 4.32. The first kappa shape index (κ1) is 14.0. The Bertz CT molecular complexity index is 628. The van der Waals surface area contributed by atoms with E-state index in [0.29, 0.717) is 11.4 Å². The van der Waals surface area contributed by atoms with Crippen LogP contribution >= 0.6 is 0 Å². The number of rotatable bonds is 4. The molecule has 2 N–H and O–H groups in total. The van der Waals surface area contributed by atoms with Gasteiger partial charge >= 0.3 is 0 Å². The Morgan fingerprint density at radius 1 is 1.30 bits per heavy atom. The van der Waals surface area contributed by atoms with Crippen molar-refractivity contribution in [3.63, 3.8) is 0 Å². The average Bonchev–Trinajstić information content (AvgIpc) is 2.79. The third kappa shape index (κ3) is 3.31. The molecule has 1 aromatic heterocycles. The monoisotopic (exact) mass is 281 g/mol. The zero-order chi connectivity index (χ0) is 14.7. The van der Waals surface area contributed by atoms with Crippen LogP contribution < -0.4 is 10.6 Å². The number of anilines is 2. The fourth-order valence-corrected chi connectivity index (χ4v) is 1.55. The van der Waals surface area contributed by atoms with Crippen LogP contribution in [0, 0.1) is 18.6 Å². The van der Waals surface area contributed by atoms with Gasteiger partial charge in [0.1, 0.15) is 6.04 Å². The molecule has 0 radical (unpaired) electrons. The number of nitrogens with zero attached hydrogens (tertiary/aromatic N) is 1. The molecule has 1 heterocycles. The number of halogens is 2. The van der Waals surface area contributed by atoms with Crippen LogP contribution in [0.1, 0.15) is 12.6 Å². The highest BCUT2D eigenvalue weighted by Gasteiger charge is 2.15. The molecule has 1 amide bonds. The van der Waals surface area contributed by atoms with E-state index >= 15 is 0 Å². The van der Waals surface area contributed by atoms with Crippen LogP contribution in [0.4, 0.5) is 20.4 Å². The molecule has 0 spiro atoms. The molecular weight excluding hydrogens is 268 g/mol. The minimum absolute atomic E-state index is 0.228. The zero-order valence-corrected chi connectivity index (χ0v) is 10.9. The Kier molecular flexibility index (Phi) is 3.97. The topological polar surface area (TPSA) is 67.2 Å². The minimum Gasteiger partial charge on any atom is -0.374 e. The van der Waals surface area contributed by atoms with Crippen molar-refractivity contribution in [3.05, 3.63) is 41.6 Å². The summed E-state index contributed by atoms with van der Waals surface area (Å²) in [5, 5.41) is 8.90. The molecule has 0 saturated heterocycles. The van der Waals surface area contributed by atoms with Crippen molar-refractivity contribution in [2.45, 2.75) is 19.9 Å². The third-order valence-corrected chi connectivity index (χ3v) is 2.57. The van der Waals surface area contributed by atoms with Crippen molar-refractivity contribution < 1.29 is 18.1 Å². The summed E-state index contributed by atoms with van der Waals surface area (Å²) >= 11 is 0. The predicted octanol–water partition coefficient (Wildman–Crippen LogP) is 2.70. The van der Waals surface area contributed by atoms with E-state index in [9.17, 15) is 13.6 Å². The van der Waals surface area contributed by atoms with Crippen LogP contribution in [-0.4, -0.2) is 17.1 Å². The van der Waals surface area contributed by atoms with Crippen molar-refractivity contribution >= 4 is 17.5 Å². The predicted molar refractivity (Wildman–Crippen MR) is 69.3 cm³/mol. The van der Waals surface area contributed by atoms with E-state index < -0.39 is 17.7 Å². The number of hydrogen-bond acceptors (Lipinski definition) is 4. The summed E-state index contributed by atoms with van der Waals surface area (Å²) in [6.45, 7) is 3.31. The summed E-state index contributed by atoms with van der Waals surface area (Å²) in [6.07, 6.45) is 0. The van der Waals surface area contributed by atoms with E-state index in [4.69, 9.17) is 4.52 Å². The molecule has 5 nitrogen and oxygen atoms in total. The number of carbonyl (C=O) groups excluding carboxylic acids is 1. The van der Waals surface area contributed by atoms with Gasteiger partial charge < -0.3 is 9.84 Å². The first-order chi connectivity index (χ1) is 9.45. The molecule has 2 aromatic rings. The van der Waals surface area contributed by atoms with Crippen LogP contribution in [0.3, 0.4) is 0 Å². The van der Waals surface area contributed by atoms with E-state index in [1.54, 1.807) is 19.9 Å². The smallest absolute Gasteiger partial charge is 0.248 e. The Morgan fingerprint density at radius 3 is 2.65 bits per heavy atom. The van der Waals surface area contributed by atoms with Crippen molar-refractivity contribution in [1.82, 2.24) is 5.16 Å². The Labute approximate surface area is 114 Å². The summed E-state index contributed by atoms with van der Waals surface area (Å²) in [5.74, 6) is -2.07. The fraction of sp³-hybridized carbons (Fsp3) is 0.231. The van der Waals surface area contributed by atoms with Gasteiger partial charge in [0.05, 0.1) is 5.69 Å². The molecule has 0 saturated carbocycles. The Morgan fingerprint density at radius 2 is 2.05 bits per heavy atom. The first-order valence-corrected chi connectivity index (χ1v) is 5.91. The molecule has 0 fully saturated rings. The van der Waals surface area contributed by atoms with Gasteiger partial charge in [0.15, 0.2) is 11.6 Å². The van der Waals surface area contributed by atoms with Gasteiger partial charge in [0.25, 0.3) is 0 Å². The summed E-state index contributed by atoms with van der Waals surface area (Å²) < 4.78 is 30.7. The van der Waals surface area contributed by atoms with E-state index in [1.807, 2.05) is 0 Å². The van der Waals surface area contributed by atoms with Crippen molar-refractivity contribution in [2.24, 2.45) is 0 Å². The van der Waals surface area contributed by atoms with Crippen LogP contribution in [0.25, 0.3) is 0 Å². The summed E-state index contributed by atoms with van der Waals surface area (Å²) in [6, 6.07) is 4.23. The van der Waals surface area contributed by atoms with Crippen LogP contribution in [0.2, 0.25) is 0 Å². The Hall–Kier alpha value is -2.44. The maximum Gasteiger partial charge on any atom is 0.248 e. The second-order valence-electron chi connectivity index (χ2n) is 4.32. The molecule has 0 aliphatic heterocycles. The summed E-state index contributed by atoms with van der Waals surface area (Å²) in [4.78, 5) is 11.8. The van der Waals surface area contributed by atoms with Gasteiger partial charge in [-0.1, -0.05) is 5.16 Å². The molecule has 1 aromatic carbocycles. The Balaban J connectivity index is 1.98. The molecule has 2 rings (SSSR count). The molecule has 7 heteroatoms. The number of aromatic nitrogens is 1. The van der Waals surface area contributed by atoms with E-state index in [1.165, 1.54) is 6.07 Å². The standard InChI is InChI=1S/C13H13F2N3O2/c1-7-5-12(20-18-7)17-13(19)8(2)16-9-3-4-10(14)11(15)6-9/h3-6,8,16H,1-2H3,(H,17,19)/t8-/m0/s1. The van der Waals surface area contributed by atoms with Crippen LogP contribution in [0.15, 0.2) is 28.8 Å². The maximum atomic E-state index is 13.0. The zero-order valence-electron chi connectivity index (χ0n) is 10.9. The number of carbonyl (C=O) groups is 1.